The Morgan fingerprint density at radius 2 is 1.86 bits per heavy atom. The van der Waals surface area contributed by atoms with Crippen LogP contribution >= 0.6 is 0 Å². The molecule has 0 spiro atoms. The van der Waals surface area contributed by atoms with E-state index in [0.717, 1.165) is 13.1 Å². The highest BCUT2D eigenvalue weighted by atomic mass is 16.5. The molecule has 0 unspecified atom stereocenters. The Bertz CT molecular complexity index is 651. The molecule has 0 bridgehead atoms. The molecule has 1 aromatic heterocycles. The molecular formula is C16H18N4O2. The minimum absolute atomic E-state index is 0.241. The van der Waals surface area contributed by atoms with Crippen LogP contribution in [0.1, 0.15) is 23.2 Å². The molecular weight excluding hydrogens is 280 g/mol. The van der Waals surface area contributed by atoms with Crippen LogP contribution in [0.3, 0.4) is 0 Å². The highest BCUT2D eigenvalue weighted by Crippen LogP contribution is 2.20. The predicted octanol–water partition coefficient (Wildman–Crippen LogP) is 2.34. The minimum atomic E-state index is -0.241. The average molecular weight is 298 g/mol. The summed E-state index contributed by atoms with van der Waals surface area (Å²) in [6, 6.07) is 7.09. The first kappa shape index (κ1) is 14.3. The summed E-state index contributed by atoms with van der Waals surface area (Å²) in [5, 5.41) is 2.79. The van der Waals surface area contributed by atoms with Crippen molar-refractivity contribution in [3.05, 3.63) is 42.2 Å². The van der Waals surface area contributed by atoms with Crippen LogP contribution in [0.2, 0.25) is 0 Å². The quantitative estimate of drug-likeness (QED) is 0.938. The van der Waals surface area contributed by atoms with Crippen LogP contribution in [0.25, 0.3) is 0 Å². The summed E-state index contributed by atoms with van der Waals surface area (Å²) in [7, 11) is 1.54. The summed E-state index contributed by atoms with van der Waals surface area (Å²) < 4.78 is 5.19. The van der Waals surface area contributed by atoms with Crippen LogP contribution in [0.4, 0.5) is 11.6 Å². The second kappa shape index (κ2) is 6.43. The summed E-state index contributed by atoms with van der Waals surface area (Å²) in [4.78, 5) is 23.1. The highest BCUT2D eigenvalue weighted by Gasteiger charge is 2.15. The fourth-order valence-corrected chi connectivity index (χ4v) is 2.50. The molecule has 0 saturated carbocycles. The van der Waals surface area contributed by atoms with E-state index in [1.165, 1.54) is 12.8 Å². The Morgan fingerprint density at radius 3 is 2.55 bits per heavy atom. The first-order valence-electron chi connectivity index (χ1n) is 7.29. The third-order valence-corrected chi connectivity index (χ3v) is 3.64. The lowest BCUT2D eigenvalue weighted by Gasteiger charge is -2.15. The number of ether oxygens (including phenoxy) is 1. The molecule has 0 aliphatic carbocycles. The smallest absolute Gasteiger partial charge is 0.259 e. The summed E-state index contributed by atoms with van der Waals surface area (Å²) in [5.41, 5.74) is 1.05. The first-order valence-corrected chi connectivity index (χ1v) is 7.29. The molecule has 1 aliphatic rings. The molecule has 1 amide bonds. The number of methoxy groups -OCH3 is 1. The van der Waals surface area contributed by atoms with Crippen LogP contribution in [0.15, 0.2) is 36.7 Å². The molecule has 0 radical (unpaired) electrons. The molecule has 0 atom stereocenters. The van der Waals surface area contributed by atoms with Crippen molar-refractivity contribution in [1.29, 1.82) is 0 Å². The zero-order valence-corrected chi connectivity index (χ0v) is 12.5. The van der Waals surface area contributed by atoms with Gasteiger partial charge in [-0.2, -0.15) is 0 Å². The second-order valence-corrected chi connectivity index (χ2v) is 5.12. The monoisotopic (exact) mass is 298 g/mol. The number of rotatable bonds is 4. The van der Waals surface area contributed by atoms with Gasteiger partial charge in [0.1, 0.15) is 5.75 Å². The largest absolute Gasteiger partial charge is 0.496 e. The van der Waals surface area contributed by atoms with E-state index in [-0.39, 0.29) is 5.91 Å². The fourth-order valence-electron chi connectivity index (χ4n) is 2.50. The van der Waals surface area contributed by atoms with Crippen LogP contribution in [-0.4, -0.2) is 36.1 Å². The zero-order chi connectivity index (χ0) is 15.4. The number of hydrogen-bond acceptors (Lipinski definition) is 5. The van der Waals surface area contributed by atoms with Gasteiger partial charge >= 0.3 is 0 Å². The number of anilines is 2. The molecule has 2 heterocycles. The first-order chi connectivity index (χ1) is 10.8. The van der Waals surface area contributed by atoms with E-state index in [9.17, 15) is 4.79 Å². The molecule has 22 heavy (non-hydrogen) atoms. The summed E-state index contributed by atoms with van der Waals surface area (Å²) in [5.74, 6) is 1.01. The van der Waals surface area contributed by atoms with Gasteiger partial charge in [-0.25, -0.2) is 9.97 Å². The third kappa shape index (κ3) is 3.00. The molecule has 1 saturated heterocycles. The lowest BCUT2D eigenvalue weighted by atomic mass is 10.2. The number of carbonyl (C=O) groups is 1. The van der Waals surface area contributed by atoms with Gasteiger partial charge in [0.2, 0.25) is 5.95 Å². The van der Waals surface area contributed by atoms with Gasteiger partial charge < -0.3 is 15.0 Å². The van der Waals surface area contributed by atoms with Gasteiger partial charge in [0.05, 0.1) is 30.8 Å². The third-order valence-electron chi connectivity index (χ3n) is 3.64. The van der Waals surface area contributed by atoms with Crippen molar-refractivity contribution in [2.75, 3.05) is 30.4 Å². The van der Waals surface area contributed by atoms with E-state index < -0.39 is 0 Å². The van der Waals surface area contributed by atoms with E-state index >= 15 is 0 Å². The highest BCUT2D eigenvalue weighted by molar-refractivity contribution is 6.06. The summed E-state index contributed by atoms with van der Waals surface area (Å²) in [6.45, 7) is 1.99. The van der Waals surface area contributed by atoms with Crippen molar-refractivity contribution >= 4 is 17.5 Å². The topological polar surface area (TPSA) is 67.3 Å². The van der Waals surface area contributed by atoms with E-state index in [2.05, 4.69) is 20.2 Å². The van der Waals surface area contributed by atoms with Gasteiger partial charge in [-0.3, -0.25) is 4.79 Å². The van der Waals surface area contributed by atoms with Gasteiger partial charge in [-0.1, -0.05) is 12.1 Å². The van der Waals surface area contributed by atoms with Gasteiger partial charge in [-0.05, 0) is 25.0 Å². The fraction of sp³-hybridized carbons (Fsp3) is 0.312. The number of benzene rings is 1. The number of amides is 1. The summed E-state index contributed by atoms with van der Waals surface area (Å²) >= 11 is 0. The van der Waals surface area contributed by atoms with E-state index in [0.29, 0.717) is 22.9 Å². The number of para-hydroxylation sites is 1. The minimum Gasteiger partial charge on any atom is -0.496 e. The van der Waals surface area contributed by atoms with Gasteiger partial charge in [0.25, 0.3) is 5.91 Å². The molecule has 1 aromatic carbocycles. The average Bonchev–Trinajstić information content (AvgIpc) is 3.10. The van der Waals surface area contributed by atoms with Crippen molar-refractivity contribution in [1.82, 2.24) is 9.97 Å². The van der Waals surface area contributed by atoms with Gasteiger partial charge in [0.15, 0.2) is 0 Å². The van der Waals surface area contributed by atoms with E-state index in [1.807, 2.05) is 6.07 Å². The number of nitrogens with one attached hydrogen (secondary N) is 1. The van der Waals surface area contributed by atoms with Gasteiger partial charge in [-0.15, -0.1) is 0 Å². The summed E-state index contributed by atoms with van der Waals surface area (Å²) in [6.07, 6.45) is 5.62. The Kier molecular flexibility index (Phi) is 4.18. The lowest BCUT2D eigenvalue weighted by molar-refractivity contribution is 0.102. The Morgan fingerprint density at radius 1 is 1.18 bits per heavy atom. The normalized spacial score (nSPS) is 14.0. The van der Waals surface area contributed by atoms with Crippen molar-refractivity contribution in [2.45, 2.75) is 12.8 Å². The Balaban J connectivity index is 1.71. The van der Waals surface area contributed by atoms with E-state index in [1.54, 1.807) is 37.7 Å². The molecule has 3 rings (SSSR count). The number of carbonyl (C=O) groups excluding carboxylic acids is 1. The molecule has 1 fully saturated rings. The maximum absolute atomic E-state index is 12.3. The van der Waals surface area contributed by atoms with Crippen molar-refractivity contribution < 1.29 is 9.53 Å². The molecule has 2 aromatic rings. The number of aromatic nitrogens is 2. The van der Waals surface area contributed by atoms with Crippen molar-refractivity contribution in [3.8, 4) is 5.75 Å². The SMILES string of the molecule is COc1ccccc1C(=O)Nc1cnc(N2CCCC2)nc1. The Labute approximate surface area is 129 Å². The van der Waals surface area contributed by atoms with E-state index in [4.69, 9.17) is 4.74 Å². The predicted molar refractivity (Wildman–Crippen MR) is 84.4 cm³/mol. The Hall–Kier alpha value is -2.63. The van der Waals surface area contributed by atoms with Crippen LogP contribution in [-0.2, 0) is 0 Å². The molecule has 1 N–H and O–H groups in total. The number of nitrogens with zero attached hydrogens (tertiary/aromatic N) is 3. The van der Waals surface area contributed by atoms with Crippen molar-refractivity contribution in [2.24, 2.45) is 0 Å². The second-order valence-electron chi connectivity index (χ2n) is 5.12. The number of hydrogen-bond donors (Lipinski definition) is 1. The van der Waals surface area contributed by atoms with Crippen LogP contribution in [0.5, 0.6) is 5.75 Å². The lowest BCUT2D eigenvalue weighted by Crippen LogP contribution is -2.20. The molecule has 6 nitrogen and oxygen atoms in total. The van der Waals surface area contributed by atoms with Gasteiger partial charge in [0, 0.05) is 13.1 Å². The van der Waals surface area contributed by atoms with Crippen molar-refractivity contribution in [3.63, 3.8) is 0 Å². The molecule has 114 valence electrons. The standard InChI is InChI=1S/C16H18N4O2/c1-22-14-7-3-2-6-13(14)15(21)19-12-10-17-16(18-11-12)20-8-4-5-9-20/h2-3,6-7,10-11H,4-5,8-9H2,1H3,(H,19,21). The van der Waals surface area contributed by atoms with Crippen LogP contribution in [0, 0.1) is 0 Å². The van der Waals surface area contributed by atoms with Crippen LogP contribution < -0.4 is 15.0 Å². The maximum atomic E-state index is 12.3. The molecule has 6 heteroatoms. The zero-order valence-electron chi connectivity index (χ0n) is 12.5. The molecule has 1 aliphatic heterocycles. The maximum Gasteiger partial charge on any atom is 0.259 e.